The molecule has 0 fully saturated rings. The van der Waals surface area contributed by atoms with Gasteiger partial charge in [-0.2, -0.15) is 5.10 Å². The van der Waals surface area contributed by atoms with Crippen molar-refractivity contribution in [2.24, 2.45) is 0 Å². The summed E-state index contributed by atoms with van der Waals surface area (Å²) in [7, 11) is -3.16. The second kappa shape index (κ2) is 5.77. The molecule has 1 aromatic carbocycles. The highest BCUT2D eigenvalue weighted by Crippen LogP contribution is 2.22. The van der Waals surface area contributed by atoms with Crippen molar-refractivity contribution in [2.45, 2.75) is 31.8 Å². The molecular formula is C14H20N4O2S. The van der Waals surface area contributed by atoms with Crippen LogP contribution in [0.5, 0.6) is 0 Å². The first-order valence-electron chi connectivity index (χ1n) is 6.68. The number of nitrogens with two attached hydrogens (primary N) is 1. The van der Waals surface area contributed by atoms with E-state index in [9.17, 15) is 8.42 Å². The number of nitrogen functional groups attached to an aromatic ring is 1. The number of nitrogens with zero attached hydrogens (tertiary/aromatic N) is 2. The lowest BCUT2D eigenvalue weighted by Crippen LogP contribution is -2.08. The molecule has 7 heteroatoms. The number of hydrogen-bond acceptors (Lipinski definition) is 5. The molecule has 1 heterocycles. The van der Waals surface area contributed by atoms with Crippen molar-refractivity contribution in [3.05, 3.63) is 35.5 Å². The maximum atomic E-state index is 11.4. The van der Waals surface area contributed by atoms with Crippen LogP contribution in [0.25, 0.3) is 0 Å². The molecule has 0 aliphatic carbocycles. The van der Waals surface area contributed by atoms with Crippen LogP contribution in [-0.4, -0.2) is 24.5 Å². The molecule has 0 radical (unpaired) electrons. The molecule has 0 aliphatic heterocycles. The Morgan fingerprint density at radius 2 is 1.90 bits per heavy atom. The molecule has 6 nitrogen and oxygen atoms in total. The predicted octanol–water partition coefficient (Wildman–Crippen LogP) is 1.81. The molecule has 0 amide bonds. The molecule has 0 bridgehead atoms. The summed E-state index contributed by atoms with van der Waals surface area (Å²) in [4.78, 5) is 0.320. The number of aryl methyl sites for hydroxylation is 2. The monoisotopic (exact) mass is 308 g/mol. The zero-order chi connectivity index (χ0) is 15.6. The maximum Gasteiger partial charge on any atom is 0.175 e. The first kappa shape index (κ1) is 15.4. The van der Waals surface area contributed by atoms with E-state index < -0.39 is 9.84 Å². The largest absolute Gasteiger partial charge is 0.394 e. The Labute approximate surface area is 124 Å². The predicted molar refractivity (Wildman–Crippen MR) is 83.9 cm³/mol. The second-order valence-corrected chi connectivity index (χ2v) is 6.95. The summed E-state index contributed by atoms with van der Waals surface area (Å²) < 4.78 is 24.6. The van der Waals surface area contributed by atoms with E-state index >= 15 is 0 Å². The van der Waals surface area contributed by atoms with Crippen LogP contribution in [0.4, 0.5) is 11.5 Å². The highest BCUT2D eigenvalue weighted by molar-refractivity contribution is 7.90. The maximum absolute atomic E-state index is 11.4. The van der Waals surface area contributed by atoms with Gasteiger partial charge in [0.15, 0.2) is 9.84 Å². The number of aromatic nitrogens is 2. The summed E-state index contributed by atoms with van der Waals surface area (Å²) in [5, 5.41) is 7.59. The lowest BCUT2D eigenvalue weighted by atomic mass is 10.2. The smallest absolute Gasteiger partial charge is 0.175 e. The van der Waals surface area contributed by atoms with Crippen molar-refractivity contribution in [3.8, 4) is 0 Å². The zero-order valence-electron chi connectivity index (χ0n) is 12.4. The zero-order valence-corrected chi connectivity index (χ0v) is 13.2. The summed E-state index contributed by atoms with van der Waals surface area (Å²) in [5.74, 6) is 0.794. The molecule has 1 aromatic heterocycles. The minimum Gasteiger partial charge on any atom is -0.394 e. The topological polar surface area (TPSA) is 90.0 Å². The van der Waals surface area contributed by atoms with Gasteiger partial charge in [0, 0.05) is 19.3 Å². The SMILES string of the molecule is CCn1nc(C)c(N)c1NCc1ccc(S(C)(=O)=O)cc1. The fourth-order valence-corrected chi connectivity index (χ4v) is 2.68. The van der Waals surface area contributed by atoms with Crippen molar-refractivity contribution in [2.75, 3.05) is 17.3 Å². The van der Waals surface area contributed by atoms with Crippen LogP contribution >= 0.6 is 0 Å². The van der Waals surface area contributed by atoms with Gasteiger partial charge in [0.05, 0.1) is 16.3 Å². The van der Waals surface area contributed by atoms with Crippen molar-refractivity contribution in [3.63, 3.8) is 0 Å². The molecule has 0 saturated carbocycles. The number of anilines is 2. The normalized spacial score (nSPS) is 11.6. The number of sulfone groups is 1. The van der Waals surface area contributed by atoms with E-state index in [0.717, 1.165) is 23.6 Å². The number of rotatable bonds is 5. The first-order valence-corrected chi connectivity index (χ1v) is 8.57. The van der Waals surface area contributed by atoms with Crippen LogP contribution in [-0.2, 0) is 22.9 Å². The van der Waals surface area contributed by atoms with Gasteiger partial charge in [-0.3, -0.25) is 0 Å². The van der Waals surface area contributed by atoms with Gasteiger partial charge in [-0.15, -0.1) is 0 Å². The van der Waals surface area contributed by atoms with E-state index in [2.05, 4.69) is 10.4 Å². The number of nitrogens with one attached hydrogen (secondary N) is 1. The van der Waals surface area contributed by atoms with Crippen LogP contribution in [0.2, 0.25) is 0 Å². The highest BCUT2D eigenvalue weighted by Gasteiger charge is 2.11. The summed E-state index contributed by atoms with van der Waals surface area (Å²) in [5.41, 5.74) is 8.42. The summed E-state index contributed by atoms with van der Waals surface area (Å²) in [6.45, 7) is 5.15. The van der Waals surface area contributed by atoms with E-state index in [4.69, 9.17) is 5.73 Å². The first-order chi connectivity index (χ1) is 9.82. The lowest BCUT2D eigenvalue weighted by molar-refractivity contribution is 0.602. The van der Waals surface area contributed by atoms with Crippen molar-refractivity contribution >= 4 is 21.3 Å². The highest BCUT2D eigenvalue weighted by atomic mass is 32.2. The van der Waals surface area contributed by atoms with E-state index in [0.29, 0.717) is 17.1 Å². The van der Waals surface area contributed by atoms with E-state index in [1.807, 2.05) is 18.5 Å². The second-order valence-electron chi connectivity index (χ2n) is 4.93. The third-order valence-electron chi connectivity index (χ3n) is 3.28. The summed E-state index contributed by atoms with van der Waals surface area (Å²) in [6.07, 6.45) is 1.20. The van der Waals surface area contributed by atoms with Gasteiger partial charge in [0.2, 0.25) is 0 Å². The molecular weight excluding hydrogens is 288 g/mol. The van der Waals surface area contributed by atoms with E-state index in [1.54, 1.807) is 24.3 Å². The minimum absolute atomic E-state index is 0.320. The third kappa shape index (κ3) is 3.36. The fraction of sp³-hybridized carbons (Fsp3) is 0.357. The van der Waals surface area contributed by atoms with Gasteiger partial charge >= 0.3 is 0 Å². The molecule has 0 atom stereocenters. The average molecular weight is 308 g/mol. The van der Waals surface area contributed by atoms with Crippen molar-refractivity contribution < 1.29 is 8.42 Å². The Morgan fingerprint density at radius 3 is 2.43 bits per heavy atom. The van der Waals surface area contributed by atoms with Gasteiger partial charge in [0.25, 0.3) is 0 Å². The van der Waals surface area contributed by atoms with Crippen LogP contribution in [0.1, 0.15) is 18.2 Å². The van der Waals surface area contributed by atoms with E-state index in [-0.39, 0.29) is 0 Å². The molecule has 0 aliphatic rings. The van der Waals surface area contributed by atoms with Crippen LogP contribution in [0.15, 0.2) is 29.2 Å². The lowest BCUT2D eigenvalue weighted by Gasteiger charge is -2.09. The molecule has 3 N–H and O–H groups in total. The fourth-order valence-electron chi connectivity index (χ4n) is 2.05. The average Bonchev–Trinajstić information content (AvgIpc) is 2.71. The third-order valence-corrected chi connectivity index (χ3v) is 4.41. The molecule has 0 saturated heterocycles. The summed E-state index contributed by atoms with van der Waals surface area (Å²) >= 11 is 0. The summed E-state index contributed by atoms with van der Waals surface area (Å²) in [6, 6.07) is 6.80. The Morgan fingerprint density at radius 1 is 1.29 bits per heavy atom. The van der Waals surface area contributed by atoms with Crippen LogP contribution < -0.4 is 11.1 Å². The Kier molecular flexibility index (Phi) is 4.22. The van der Waals surface area contributed by atoms with Gasteiger partial charge in [-0.25, -0.2) is 13.1 Å². The molecule has 2 rings (SSSR count). The van der Waals surface area contributed by atoms with Gasteiger partial charge in [0.1, 0.15) is 5.82 Å². The molecule has 21 heavy (non-hydrogen) atoms. The quantitative estimate of drug-likeness (QED) is 0.879. The standard InChI is InChI=1S/C14H20N4O2S/c1-4-18-14(13(15)10(2)17-18)16-9-11-5-7-12(8-6-11)21(3,19)20/h5-8,16H,4,9,15H2,1-3H3. The molecule has 0 spiro atoms. The Hall–Kier alpha value is -2.02. The van der Waals surface area contributed by atoms with Crippen LogP contribution in [0, 0.1) is 6.92 Å². The van der Waals surface area contributed by atoms with Gasteiger partial charge in [-0.1, -0.05) is 12.1 Å². The Bertz CT molecular complexity index is 733. The van der Waals surface area contributed by atoms with Gasteiger partial charge < -0.3 is 11.1 Å². The van der Waals surface area contributed by atoms with Crippen molar-refractivity contribution in [1.29, 1.82) is 0 Å². The molecule has 0 unspecified atom stereocenters. The number of benzene rings is 1. The Balaban J connectivity index is 2.14. The molecule has 114 valence electrons. The number of hydrogen-bond donors (Lipinski definition) is 2. The van der Waals surface area contributed by atoms with Crippen LogP contribution in [0.3, 0.4) is 0 Å². The van der Waals surface area contributed by atoms with E-state index in [1.165, 1.54) is 6.26 Å². The van der Waals surface area contributed by atoms with Gasteiger partial charge in [-0.05, 0) is 31.5 Å². The van der Waals surface area contributed by atoms with Crippen molar-refractivity contribution in [1.82, 2.24) is 9.78 Å². The molecule has 2 aromatic rings. The minimum atomic E-state index is -3.16.